The predicted octanol–water partition coefficient (Wildman–Crippen LogP) is 6.59. The molecule has 0 atom stereocenters. The fraction of sp³-hybridized carbons (Fsp3) is 0.273. The summed E-state index contributed by atoms with van der Waals surface area (Å²) in [5.41, 5.74) is 8.15. The maximum Gasteiger partial charge on any atom is -0.0228 e. The lowest BCUT2D eigenvalue weighted by Gasteiger charge is -2.11. The average Bonchev–Trinajstić information content (AvgIpc) is 2.54. The molecule has 0 spiro atoms. The molecule has 0 aliphatic heterocycles. The van der Waals surface area contributed by atoms with Crippen molar-refractivity contribution in [2.75, 3.05) is 0 Å². The number of hydrogen-bond donors (Lipinski definition) is 0. The molecule has 0 unspecified atom stereocenters. The van der Waals surface area contributed by atoms with Gasteiger partial charge in [0, 0.05) is 0 Å². The minimum atomic E-state index is 1.08. The van der Waals surface area contributed by atoms with E-state index in [4.69, 9.17) is 0 Å². The highest BCUT2D eigenvalue weighted by molar-refractivity contribution is 5.71. The molecule has 0 saturated carbocycles. The molecule has 0 heterocycles. The normalized spacial score (nSPS) is 12.5. The molecule has 0 heteroatoms. The summed E-state index contributed by atoms with van der Waals surface area (Å²) >= 11 is 0. The van der Waals surface area contributed by atoms with E-state index >= 15 is 0 Å². The van der Waals surface area contributed by atoms with Crippen LogP contribution in [0.1, 0.15) is 48.9 Å². The van der Waals surface area contributed by atoms with Gasteiger partial charge in [-0.1, -0.05) is 71.8 Å². The highest BCUT2D eigenvalue weighted by atomic mass is 14.1. The van der Waals surface area contributed by atoms with Gasteiger partial charge in [-0.3, -0.25) is 0 Å². The molecule has 0 fully saturated rings. The van der Waals surface area contributed by atoms with E-state index in [0.29, 0.717) is 0 Å². The van der Waals surface area contributed by atoms with E-state index in [1.165, 1.54) is 33.4 Å². The Labute approximate surface area is 135 Å². The van der Waals surface area contributed by atoms with Crippen molar-refractivity contribution in [2.45, 2.75) is 40.5 Å². The fourth-order valence-corrected chi connectivity index (χ4v) is 2.72. The Balaban J connectivity index is 2.09. The molecule has 22 heavy (non-hydrogen) atoms. The molecule has 0 radical (unpaired) electrons. The zero-order valence-electron chi connectivity index (χ0n) is 14.2. The van der Waals surface area contributed by atoms with Crippen molar-refractivity contribution in [3.63, 3.8) is 0 Å². The Hall–Kier alpha value is -2.08. The van der Waals surface area contributed by atoms with Crippen molar-refractivity contribution < 1.29 is 0 Å². The maximum atomic E-state index is 2.24. The largest absolute Gasteiger partial charge is 0.0838 e. The zero-order chi connectivity index (χ0) is 15.9. The van der Waals surface area contributed by atoms with Crippen molar-refractivity contribution in [2.24, 2.45) is 0 Å². The molecule has 0 aliphatic carbocycles. The van der Waals surface area contributed by atoms with Crippen LogP contribution in [-0.2, 0) is 0 Å². The molecule has 0 amide bonds. The van der Waals surface area contributed by atoms with Gasteiger partial charge in [-0.2, -0.15) is 0 Å². The van der Waals surface area contributed by atoms with E-state index < -0.39 is 0 Å². The van der Waals surface area contributed by atoms with E-state index in [9.17, 15) is 0 Å². The summed E-state index contributed by atoms with van der Waals surface area (Å²) in [5, 5.41) is 0. The van der Waals surface area contributed by atoms with Crippen molar-refractivity contribution >= 4 is 11.1 Å². The number of aryl methyl sites for hydroxylation is 2. The molecule has 0 bridgehead atoms. The number of hydrogen-bond acceptors (Lipinski definition) is 0. The van der Waals surface area contributed by atoms with Gasteiger partial charge in [0.25, 0.3) is 0 Å². The number of benzene rings is 2. The van der Waals surface area contributed by atoms with Crippen LogP contribution in [0.25, 0.3) is 11.1 Å². The van der Waals surface area contributed by atoms with Crippen LogP contribution in [0.15, 0.2) is 60.7 Å². The first-order valence-electron chi connectivity index (χ1n) is 8.08. The second-order valence-electron chi connectivity index (χ2n) is 5.86. The molecule has 114 valence electrons. The molecular formula is C22H26. The van der Waals surface area contributed by atoms with E-state index in [1.807, 2.05) is 0 Å². The van der Waals surface area contributed by atoms with E-state index in [-0.39, 0.29) is 0 Å². The number of rotatable bonds is 5. The van der Waals surface area contributed by atoms with Gasteiger partial charge in [-0.25, -0.2) is 0 Å². The van der Waals surface area contributed by atoms with Crippen LogP contribution in [-0.4, -0.2) is 0 Å². The lowest BCUT2D eigenvalue weighted by molar-refractivity contribution is 1.08. The Kier molecular flexibility index (Phi) is 5.77. The highest BCUT2D eigenvalue weighted by Gasteiger charge is 2.05. The van der Waals surface area contributed by atoms with Crippen LogP contribution in [0.2, 0.25) is 0 Å². The third kappa shape index (κ3) is 4.21. The summed E-state index contributed by atoms with van der Waals surface area (Å²) in [6.45, 7) is 8.54. The van der Waals surface area contributed by atoms with Gasteiger partial charge in [0.05, 0.1) is 0 Å². The molecule has 0 nitrogen and oxygen atoms in total. The Bertz CT molecular complexity index is 591. The summed E-state index contributed by atoms with van der Waals surface area (Å²) in [7, 11) is 0. The molecule has 2 aromatic carbocycles. The lowest BCUT2D eigenvalue weighted by Crippen LogP contribution is -1.90. The molecule has 0 N–H and O–H groups in total. The van der Waals surface area contributed by atoms with Gasteiger partial charge >= 0.3 is 0 Å². The summed E-state index contributed by atoms with van der Waals surface area (Å²) in [6, 6.07) is 17.7. The van der Waals surface area contributed by atoms with Crippen molar-refractivity contribution in [1.29, 1.82) is 0 Å². The van der Waals surface area contributed by atoms with Crippen LogP contribution < -0.4 is 0 Å². The first kappa shape index (κ1) is 16.3. The summed E-state index contributed by atoms with van der Waals surface area (Å²) in [4.78, 5) is 0. The quantitative estimate of drug-likeness (QED) is 0.582. The second-order valence-corrected chi connectivity index (χ2v) is 5.86. The van der Waals surface area contributed by atoms with Crippen LogP contribution in [0.3, 0.4) is 0 Å². The second kappa shape index (κ2) is 7.79. The van der Waals surface area contributed by atoms with Gasteiger partial charge in [-0.15, -0.1) is 0 Å². The highest BCUT2D eigenvalue weighted by Crippen LogP contribution is 2.27. The van der Waals surface area contributed by atoms with Crippen LogP contribution in [0.5, 0.6) is 0 Å². The minimum Gasteiger partial charge on any atom is -0.0838 e. The summed E-state index contributed by atoms with van der Waals surface area (Å²) in [6.07, 6.45) is 6.64. The Morgan fingerprint density at radius 1 is 0.636 bits per heavy atom. The third-order valence-corrected chi connectivity index (χ3v) is 4.21. The first-order valence-corrected chi connectivity index (χ1v) is 8.08. The van der Waals surface area contributed by atoms with Gasteiger partial charge in [0.2, 0.25) is 0 Å². The van der Waals surface area contributed by atoms with Crippen LogP contribution in [0, 0.1) is 13.8 Å². The Morgan fingerprint density at radius 2 is 0.955 bits per heavy atom. The Morgan fingerprint density at radius 3 is 1.23 bits per heavy atom. The van der Waals surface area contributed by atoms with Gasteiger partial charge in [0.15, 0.2) is 0 Å². The van der Waals surface area contributed by atoms with E-state index in [0.717, 1.165) is 12.8 Å². The predicted molar refractivity (Wildman–Crippen MR) is 98.9 cm³/mol. The number of allylic oxidation sites excluding steroid dienone is 4. The van der Waals surface area contributed by atoms with Crippen molar-refractivity contribution in [1.82, 2.24) is 0 Å². The SMILES string of the molecule is C/C=C(/CC/C(=C\C)c1ccc(C)cc1)c1ccc(C)cc1. The lowest BCUT2D eigenvalue weighted by atomic mass is 9.94. The molecule has 2 rings (SSSR count). The summed E-state index contributed by atoms with van der Waals surface area (Å²) in [5.74, 6) is 0. The topological polar surface area (TPSA) is 0 Å². The zero-order valence-corrected chi connectivity index (χ0v) is 14.2. The van der Waals surface area contributed by atoms with Crippen LogP contribution >= 0.6 is 0 Å². The molecule has 0 saturated heterocycles. The average molecular weight is 290 g/mol. The van der Waals surface area contributed by atoms with E-state index in [2.05, 4.69) is 88.4 Å². The molecule has 0 aromatic heterocycles. The monoisotopic (exact) mass is 290 g/mol. The smallest absolute Gasteiger partial charge is 0.0228 e. The molecule has 2 aromatic rings. The third-order valence-electron chi connectivity index (χ3n) is 4.21. The maximum absolute atomic E-state index is 2.24. The van der Waals surface area contributed by atoms with Crippen molar-refractivity contribution in [3.05, 3.63) is 82.9 Å². The minimum absolute atomic E-state index is 1.08. The molecular weight excluding hydrogens is 264 g/mol. The standard InChI is InChI=1S/C22H26/c1-5-19(21-11-7-17(3)8-12-21)15-16-20(6-2)22-13-9-18(4)10-14-22/h5-14H,15-16H2,1-4H3/b19-5-,20-6+. The van der Waals surface area contributed by atoms with Crippen LogP contribution in [0.4, 0.5) is 0 Å². The van der Waals surface area contributed by atoms with Gasteiger partial charge in [-0.05, 0) is 62.8 Å². The fourth-order valence-electron chi connectivity index (χ4n) is 2.72. The van der Waals surface area contributed by atoms with E-state index in [1.54, 1.807) is 0 Å². The first-order chi connectivity index (χ1) is 10.6. The van der Waals surface area contributed by atoms with Gasteiger partial charge < -0.3 is 0 Å². The van der Waals surface area contributed by atoms with Crippen molar-refractivity contribution in [3.8, 4) is 0 Å². The van der Waals surface area contributed by atoms with Gasteiger partial charge in [0.1, 0.15) is 0 Å². The summed E-state index contributed by atoms with van der Waals surface area (Å²) < 4.78 is 0. The molecule has 0 aliphatic rings.